The molecule has 0 atom stereocenters. The molecule has 1 aromatic carbocycles. The summed E-state index contributed by atoms with van der Waals surface area (Å²) in [5, 5.41) is 0.307. The van der Waals surface area contributed by atoms with E-state index in [0.717, 1.165) is 0 Å². The molecule has 4 nitrogen and oxygen atoms in total. The van der Waals surface area contributed by atoms with Gasteiger partial charge >= 0.3 is 5.97 Å². The van der Waals surface area contributed by atoms with Gasteiger partial charge in [0.15, 0.2) is 0 Å². The molecule has 0 radical (unpaired) electrons. The largest absolute Gasteiger partial charge is 0.462 e. The van der Waals surface area contributed by atoms with Gasteiger partial charge in [-0.05, 0) is 31.5 Å². The van der Waals surface area contributed by atoms with Gasteiger partial charge < -0.3 is 9.72 Å². The van der Waals surface area contributed by atoms with Crippen molar-refractivity contribution in [3.05, 3.63) is 45.5 Å². The van der Waals surface area contributed by atoms with Crippen molar-refractivity contribution in [2.75, 3.05) is 6.61 Å². The van der Waals surface area contributed by atoms with Gasteiger partial charge in [-0.25, -0.2) is 9.18 Å². The number of hydrogen-bond acceptors (Lipinski definition) is 3. The third-order valence-corrected chi connectivity index (χ3v) is 2.64. The van der Waals surface area contributed by atoms with E-state index in [0.29, 0.717) is 16.5 Å². The van der Waals surface area contributed by atoms with Crippen molar-refractivity contribution in [1.29, 1.82) is 0 Å². The van der Waals surface area contributed by atoms with E-state index in [1.807, 2.05) is 0 Å². The van der Waals surface area contributed by atoms with Crippen LogP contribution in [0.1, 0.15) is 22.8 Å². The molecule has 0 bridgehead atoms. The standard InChI is InChI=1S/C13H12FNO3/c1-3-18-13(17)9-6-15-10-5-8(14)4-7(2)11(10)12(9)16/h4-6H,3H2,1-2H3,(H,15,16). The molecule has 0 aliphatic heterocycles. The fourth-order valence-electron chi connectivity index (χ4n) is 1.87. The first-order chi connectivity index (χ1) is 8.54. The van der Waals surface area contributed by atoms with Crippen LogP contribution in [0.2, 0.25) is 0 Å². The molecule has 18 heavy (non-hydrogen) atoms. The number of rotatable bonds is 2. The van der Waals surface area contributed by atoms with Crippen LogP contribution >= 0.6 is 0 Å². The average molecular weight is 249 g/mol. The molecule has 0 saturated carbocycles. The van der Waals surface area contributed by atoms with Gasteiger partial charge in [-0.2, -0.15) is 0 Å². The third-order valence-electron chi connectivity index (χ3n) is 2.64. The number of carbonyl (C=O) groups is 1. The van der Waals surface area contributed by atoms with Gasteiger partial charge in [0, 0.05) is 11.6 Å². The molecule has 0 saturated heterocycles. The summed E-state index contributed by atoms with van der Waals surface area (Å²) in [6, 6.07) is 2.48. The summed E-state index contributed by atoms with van der Waals surface area (Å²) in [7, 11) is 0. The topological polar surface area (TPSA) is 59.2 Å². The smallest absolute Gasteiger partial charge is 0.343 e. The van der Waals surface area contributed by atoms with Crippen LogP contribution in [0.25, 0.3) is 10.9 Å². The van der Waals surface area contributed by atoms with Crippen LogP contribution in [0.5, 0.6) is 0 Å². The Morgan fingerprint density at radius 2 is 2.17 bits per heavy atom. The van der Waals surface area contributed by atoms with Crippen molar-refractivity contribution in [2.45, 2.75) is 13.8 Å². The van der Waals surface area contributed by atoms with E-state index in [1.54, 1.807) is 13.8 Å². The molecule has 0 fully saturated rings. The summed E-state index contributed by atoms with van der Waals surface area (Å²) >= 11 is 0. The van der Waals surface area contributed by atoms with Gasteiger partial charge in [-0.1, -0.05) is 0 Å². The summed E-state index contributed by atoms with van der Waals surface area (Å²) < 4.78 is 18.0. The minimum absolute atomic E-state index is 0.0703. The SMILES string of the molecule is CCOC(=O)c1c[nH]c2cc(F)cc(C)c2c1=O. The van der Waals surface area contributed by atoms with Gasteiger partial charge in [-0.15, -0.1) is 0 Å². The number of benzene rings is 1. The zero-order chi connectivity index (χ0) is 13.3. The maximum atomic E-state index is 13.2. The van der Waals surface area contributed by atoms with E-state index in [-0.39, 0.29) is 12.2 Å². The quantitative estimate of drug-likeness (QED) is 0.829. The molecule has 0 spiro atoms. The summed E-state index contributed by atoms with van der Waals surface area (Å²) in [5.74, 6) is -1.11. The van der Waals surface area contributed by atoms with E-state index >= 15 is 0 Å². The summed E-state index contributed by atoms with van der Waals surface area (Å²) in [4.78, 5) is 26.4. The van der Waals surface area contributed by atoms with E-state index < -0.39 is 17.2 Å². The minimum atomic E-state index is -0.677. The van der Waals surface area contributed by atoms with E-state index in [9.17, 15) is 14.0 Å². The van der Waals surface area contributed by atoms with E-state index in [1.165, 1.54) is 18.3 Å². The molecule has 1 aromatic heterocycles. The number of esters is 1. The molecule has 5 heteroatoms. The summed E-state index contributed by atoms with van der Waals surface area (Å²) in [6.07, 6.45) is 1.25. The highest BCUT2D eigenvalue weighted by atomic mass is 19.1. The Bertz CT molecular complexity index is 676. The fraction of sp³-hybridized carbons (Fsp3) is 0.231. The first-order valence-corrected chi connectivity index (χ1v) is 5.53. The number of aromatic amines is 1. The Balaban J connectivity index is 2.72. The van der Waals surface area contributed by atoms with Gasteiger partial charge in [0.1, 0.15) is 11.4 Å². The molecule has 0 unspecified atom stereocenters. The Morgan fingerprint density at radius 1 is 1.44 bits per heavy atom. The minimum Gasteiger partial charge on any atom is -0.462 e. The summed E-state index contributed by atoms with van der Waals surface area (Å²) in [6.45, 7) is 3.47. The maximum absolute atomic E-state index is 13.2. The van der Waals surface area contributed by atoms with Crippen molar-refractivity contribution >= 4 is 16.9 Å². The van der Waals surface area contributed by atoms with Crippen LogP contribution in [-0.2, 0) is 4.74 Å². The van der Waals surface area contributed by atoms with Crippen LogP contribution in [0.3, 0.4) is 0 Å². The van der Waals surface area contributed by atoms with Gasteiger partial charge in [0.25, 0.3) is 0 Å². The van der Waals surface area contributed by atoms with Gasteiger partial charge in [0.2, 0.25) is 5.43 Å². The number of pyridine rings is 1. The zero-order valence-corrected chi connectivity index (χ0v) is 10.0. The molecule has 2 aromatic rings. The van der Waals surface area contributed by atoms with E-state index in [4.69, 9.17) is 4.74 Å². The number of hydrogen-bond donors (Lipinski definition) is 1. The first kappa shape index (κ1) is 12.3. The lowest BCUT2D eigenvalue weighted by molar-refractivity contribution is 0.0524. The second-order valence-electron chi connectivity index (χ2n) is 3.90. The molecular weight excluding hydrogens is 237 g/mol. The number of aryl methyl sites for hydroxylation is 1. The number of carbonyl (C=O) groups excluding carboxylic acids is 1. The highest BCUT2D eigenvalue weighted by molar-refractivity contribution is 5.94. The average Bonchev–Trinajstić information content (AvgIpc) is 2.28. The predicted molar refractivity (Wildman–Crippen MR) is 65.2 cm³/mol. The van der Waals surface area contributed by atoms with Gasteiger partial charge in [-0.3, -0.25) is 4.79 Å². The highest BCUT2D eigenvalue weighted by Gasteiger charge is 2.15. The van der Waals surface area contributed by atoms with Crippen LogP contribution in [-0.4, -0.2) is 17.6 Å². The lowest BCUT2D eigenvalue weighted by atomic mass is 10.1. The number of aromatic nitrogens is 1. The molecule has 1 N–H and O–H groups in total. The van der Waals surface area contributed by atoms with Crippen molar-refractivity contribution in [3.63, 3.8) is 0 Å². The molecule has 1 heterocycles. The Hall–Kier alpha value is -2.17. The number of nitrogens with one attached hydrogen (secondary N) is 1. The van der Waals surface area contributed by atoms with E-state index in [2.05, 4.69) is 4.98 Å². The van der Waals surface area contributed by atoms with Crippen molar-refractivity contribution in [2.24, 2.45) is 0 Å². The third kappa shape index (κ3) is 1.99. The number of H-pyrrole nitrogens is 1. The Kier molecular flexibility index (Phi) is 3.14. The normalized spacial score (nSPS) is 10.6. The van der Waals surface area contributed by atoms with Crippen LogP contribution in [0.15, 0.2) is 23.1 Å². The summed E-state index contributed by atoms with van der Waals surface area (Å²) in [5.41, 5.74) is 0.335. The van der Waals surface area contributed by atoms with Crippen molar-refractivity contribution in [1.82, 2.24) is 4.98 Å². The monoisotopic (exact) mass is 249 g/mol. The predicted octanol–water partition coefficient (Wildman–Crippen LogP) is 2.15. The lowest BCUT2D eigenvalue weighted by Gasteiger charge is -2.05. The Morgan fingerprint density at radius 3 is 2.83 bits per heavy atom. The molecule has 0 amide bonds. The molecule has 0 aliphatic rings. The second kappa shape index (κ2) is 4.60. The lowest BCUT2D eigenvalue weighted by Crippen LogP contribution is -2.18. The Labute approximate surface area is 102 Å². The van der Waals surface area contributed by atoms with Crippen LogP contribution in [0, 0.1) is 12.7 Å². The molecule has 2 rings (SSSR count). The van der Waals surface area contributed by atoms with Crippen LogP contribution < -0.4 is 5.43 Å². The first-order valence-electron chi connectivity index (χ1n) is 5.53. The van der Waals surface area contributed by atoms with Crippen molar-refractivity contribution in [3.8, 4) is 0 Å². The number of ether oxygens (including phenoxy) is 1. The fourth-order valence-corrected chi connectivity index (χ4v) is 1.87. The molecule has 94 valence electrons. The van der Waals surface area contributed by atoms with Gasteiger partial charge in [0.05, 0.1) is 12.1 Å². The molecular formula is C13H12FNO3. The number of halogens is 1. The highest BCUT2D eigenvalue weighted by Crippen LogP contribution is 2.15. The van der Waals surface area contributed by atoms with Crippen molar-refractivity contribution < 1.29 is 13.9 Å². The second-order valence-corrected chi connectivity index (χ2v) is 3.90. The maximum Gasteiger partial charge on any atom is 0.343 e. The number of fused-ring (bicyclic) bond motifs is 1. The molecule has 0 aliphatic carbocycles. The zero-order valence-electron chi connectivity index (χ0n) is 10.0. The van der Waals surface area contributed by atoms with Crippen LogP contribution in [0.4, 0.5) is 4.39 Å².